The number of nitrogens with two attached hydrogens (primary N) is 1. The molecule has 0 bridgehead atoms. The molecular formula is C15H25ClN2. The average molecular weight is 269 g/mol. The lowest BCUT2D eigenvalue weighted by molar-refractivity contribution is 0.520. The summed E-state index contributed by atoms with van der Waals surface area (Å²) in [5.41, 5.74) is 8.65. The smallest absolute Gasteiger partial charge is 0.0656 e. The molecule has 0 saturated carbocycles. The highest BCUT2D eigenvalue weighted by Gasteiger charge is 2.07. The van der Waals surface area contributed by atoms with Crippen LogP contribution >= 0.6 is 11.6 Å². The van der Waals surface area contributed by atoms with Crippen LogP contribution in [0.25, 0.3) is 0 Å². The summed E-state index contributed by atoms with van der Waals surface area (Å²) in [4.78, 5) is 0. The molecule has 3 heteroatoms. The second-order valence-corrected chi connectivity index (χ2v) is 5.97. The molecule has 2 nitrogen and oxygen atoms in total. The summed E-state index contributed by atoms with van der Waals surface area (Å²) < 4.78 is 0. The van der Waals surface area contributed by atoms with Crippen molar-refractivity contribution in [2.24, 2.45) is 5.92 Å². The Kier molecular flexibility index (Phi) is 5.80. The van der Waals surface area contributed by atoms with E-state index in [9.17, 15) is 0 Å². The molecule has 0 heterocycles. The maximum absolute atomic E-state index is 6.05. The number of benzene rings is 1. The largest absolute Gasteiger partial charge is 0.398 e. The lowest BCUT2D eigenvalue weighted by Gasteiger charge is -2.18. The second kappa shape index (κ2) is 6.89. The molecule has 0 amide bonds. The van der Waals surface area contributed by atoms with Gasteiger partial charge in [0.2, 0.25) is 0 Å². The normalized spacial score (nSPS) is 12.8. The number of hydrogen-bond acceptors (Lipinski definition) is 2. The minimum atomic E-state index is 0.460. The number of aryl methyl sites for hydroxylation is 1. The molecule has 0 spiro atoms. The first kappa shape index (κ1) is 15.2. The van der Waals surface area contributed by atoms with Crippen LogP contribution in [0.15, 0.2) is 12.1 Å². The molecule has 0 radical (unpaired) electrons. The van der Waals surface area contributed by atoms with E-state index in [2.05, 4.69) is 33.0 Å². The molecule has 0 aromatic heterocycles. The quantitative estimate of drug-likeness (QED) is 0.723. The van der Waals surface area contributed by atoms with Crippen LogP contribution in [0.5, 0.6) is 0 Å². The van der Waals surface area contributed by atoms with E-state index in [0.29, 0.717) is 16.8 Å². The van der Waals surface area contributed by atoms with Crippen molar-refractivity contribution >= 4 is 23.0 Å². The van der Waals surface area contributed by atoms with Gasteiger partial charge in [0.25, 0.3) is 0 Å². The number of anilines is 2. The van der Waals surface area contributed by atoms with Crippen molar-refractivity contribution in [2.75, 3.05) is 11.1 Å². The number of rotatable bonds is 6. The molecule has 0 fully saturated rings. The van der Waals surface area contributed by atoms with Gasteiger partial charge < -0.3 is 11.1 Å². The van der Waals surface area contributed by atoms with Gasteiger partial charge in [-0.25, -0.2) is 0 Å². The van der Waals surface area contributed by atoms with E-state index in [1.54, 1.807) is 0 Å². The third kappa shape index (κ3) is 4.77. The zero-order valence-corrected chi connectivity index (χ0v) is 12.6. The molecular weight excluding hydrogens is 244 g/mol. The maximum Gasteiger partial charge on any atom is 0.0656 e. The van der Waals surface area contributed by atoms with Crippen LogP contribution in [-0.4, -0.2) is 6.04 Å². The number of halogens is 1. The van der Waals surface area contributed by atoms with E-state index in [-0.39, 0.29) is 0 Å². The molecule has 1 rings (SSSR count). The van der Waals surface area contributed by atoms with Crippen molar-refractivity contribution in [2.45, 2.75) is 53.0 Å². The lowest BCUT2D eigenvalue weighted by atomic mass is 10.0. The summed E-state index contributed by atoms with van der Waals surface area (Å²) in [6.45, 7) is 8.80. The van der Waals surface area contributed by atoms with Gasteiger partial charge in [-0.05, 0) is 43.9 Å². The summed E-state index contributed by atoms with van der Waals surface area (Å²) >= 11 is 6.05. The molecule has 0 aliphatic carbocycles. The molecule has 0 saturated heterocycles. The van der Waals surface area contributed by atoms with Crippen LogP contribution in [0.2, 0.25) is 5.02 Å². The Hall–Kier alpha value is -0.890. The lowest BCUT2D eigenvalue weighted by Crippen LogP contribution is -2.16. The van der Waals surface area contributed by atoms with Crippen molar-refractivity contribution < 1.29 is 0 Å². The predicted octanol–water partition coefficient (Wildman–Crippen LogP) is 4.86. The van der Waals surface area contributed by atoms with E-state index in [0.717, 1.165) is 17.2 Å². The Balaban J connectivity index is 2.54. The summed E-state index contributed by atoms with van der Waals surface area (Å²) in [7, 11) is 0. The Bertz CT molecular complexity index is 388. The van der Waals surface area contributed by atoms with E-state index in [1.807, 2.05) is 12.1 Å². The van der Waals surface area contributed by atoms with Gasteiger partial charge in [0.1, 0.15) is 0 Å². The Morgan fingerprint density at radius 1 is 1.22 bits per heavy atom. The standard InChI is InChI=1S/C15H25ClN2/c1-10(2)6-5-7-12(4)18-15-9-13(16)14(17)8-11(15)3/h8-10,12,18H,5-7,17H2,1-4H3. The van der Waals surface area contributed by atoms with Gasteiger partial charge in [0.05, 0.1) is 10.7 Å². The molecule has 3 N–H and O–H groups in total. The first-order valence-corrected chi connectivity index (χ1v) is 7.10. The Labute approximate surface area is 116 Å². The van der Waals surface area contributed by atoms with Crippen molar-refractivity contribution in [1.29, 1.82) is 0 Å². The van der Waals surface area contributed by atoms with E-state index in [4.69, 9.17) is 17.3 Å². The van der Waals surface area contributed by atoms with E-state index < -0.39 is 0 Å². The minimum Gasteiger partial charge on any atom is -0.398 e. The van der Waals surface area contributed by atoms with Crippen LogP contribution < -0.4 is 11.1 Å². The highest BCUT2D eigenvalue weighted by atomic mass is 35.5. The molecule has 1 atom stereocenters. The van der Waals surface area contributed by atoms with Gasteiger partial charge in [0, 0.05) is 11.7 Å². The number of nitrogen functional groups attached to an aromatic ring is 1. The molecule has 1 unspecified atom stereocenters. The molecule has 18 heavy (non-hydrogen) atoms. The third-order valence-corrected chi connectivity index (χ3v) is 3.49. The zero-order valence-electron chi connectivity index (χ0n) is 11.9. The number of nitrogens with one attached hydrogen (secondary N) is 1. The zero-order chi connectivity index (χ0) is 13.7. The predicted molar refractivity (Wildman–Crippen MR) is 82.4 cm³/mol. The highest BCUT2D eigenvalue weighted by molar-refractivity contribution is 6.33. The van der Waals surface area contributed by atoms with Gasteiger partial charge in [-0.15, -0.1) is 0 Å². The van der Waals surface area contributed by atoms with Crippen LogP contribution in [0, 0.1) is 12.8 Å². The second-order valence-electron chi connectivity index (χ2n) is 5.56. The summed E-state index contributed by atoms with van der Waals surface area (Å²) in [5, 5.41) is 4.13. The first-order chi connectivity index (χ1) is 8.40. The average Bonchev–Trinajstić information content (AvgIpc) is 2.25. The first-order valence-electron chi connectivity index (χ1n) is 6.72. The molecule has 0 aliphatic rings. The summed E-state index contributed by atoms with van der Waals surface area (Å²) in [5.74, 6) is 0.782. The van der Waals surface area contributed by atoms with Gasteiger partial charge in [-0.1, -0.05) is 38.3 Å². The fraction of sp³-hybridized carbons (Fsp3) is 0.600. The van der Waals surface area contributed by atoms with Gasteiger partial charge in [-0.2, -0.15) is 0 Å². The Morgan fingerprint density at radius 2 is 1.89 bits per heavy atom. The van der Waals surface area contributed by atoms with Crippen molar-refractivity contribution in [1.82, 2.24) is 0 Å². The van der Waals surface area contributed by atoms with Crippen molar-refractivity contribution in [3.05, 3.63) is 22.7 Å². The maximum atomic E-state index is 6.05. The van der Waals surface area contributed by atoms with Crippen LogP contribution in [0.3, 0.4) is 0 Å². The van der Waals surface area contributed by atoms with Crippen LogP contribution in [0.1, 0.15) is 45.6 Å². The molecule has 1 aromatic rings. The van der Waals surface area contributed by atoms with Crippen molar-refractivity contribution in [3.63, 3.8) is 0 Å². The van der Waals surface area contributed by atoms with E-state index >= 15 is 0 Å². The molecule has 1 aromatic carbocycles. The fourth-order valence-electron chi connectivity index (χ4n) is 2.03. The van der Waals surface area contributed by atoms with Gasteiger partial charge in [-0.3, -0.25) is 0 Å². The topological polar surface area (TPSA) is 38.0 Å². The van der Waals surface area contributed by atoms with Gasteiger partial charge >= 0.3 is 0 Å². The van der Waals surface area contributed by atoms with Gasteiger partial charge in [0.15, 0.2) is 0 Å². The highest BCUT2D eigenvalue weighted by Crippen LogP contribution is 2.27. The summed E-state index contributed by atoms with van der Waals surface area (Å²) in [6.07, 6.45) is 3.72. The third-order valence-electron chi connectivity index (χ3n) is 3.16. The summed E-state index contributed by atoms with van der Waals surface area (Å²) in [6, 6.07) is 4.30. The van der Waals surface area contributed by atoms with E-state index in [1.165, 1.54) is 19.3 Å². The van der Waals surface area contributed by atoms with Crippen molar-refractivity contribution in [3.8, 4) is 0 Å². The van der Waals surface area contributed by atoms with Crippen LogP contribution in [-0.2, 0) is 0 Å². The molecule has 102 valence electrons. The van der Waals surface area contributed by atoms with Crippen LogP contribution in [0.4, 0.5) is 11.4 Å². The Morgan fingerprint density at radius 3 is 2.50 bits per heavy atom. The monoisotopic (exact) mass is 268 g/mol. The molecule has 0 aliphatic heterocycles. The minimum absolute atomic E-state index is 0.460. The fourth-order valence-corrected chi connectivity index (χ4v) is 2.19. The SMILES string of the molecule is Cc1cc(N)c(Cl)cc1NC(C)CCCC(C)C. The number of hydrogen-bond donors (Lipinski definition) is 2.